The Balaban J connectivity index is 1.91. The number of nitrogens with zero attached hydrogens (tertiary/aromatic N) is 5. The third-order valence-corrected chi connectivity index (χ3v) is 4.99. The van der Waals surface area contributed by atoms with Gasteiger partial charge in [0.1, 0.15) is 6.26 Å². The highest BCUT2D eigenvalue weighted by atomic mass is 16.5. The van der Waals surface area contributed by atoms with E-state index >= 15 is 0 Å². The first kappa shape index (κ1) is 23.7. The number of anilines is 1. The lowest BCUT2D eigenvalue weighted by Crippen LogP contribution is -2.31. The number of amides is 1. The molecule has 3 rings (SSSR count). The van der Waals surface area contributed by atoms with Gasteiger partial charge in [0.05, 0.1) is 12.8 Å². The minimum atomic E-state index is -0.450. The van der Waals surface area contributed by atoms with Gasteiger partial charge in [0.2, 0.25) is 11.7 Å². The van der Waals surface area contributed by atoms with Crippen molar-refractivity contribution in [3.63, 3.8) is 0 Å². The Morgan fingerprint density at radius 3 is 2.39 bits per heavy atom. The Labute approximate surface area is 191 Å². The van der Waals surface area contributed by atoms with Gasteiger partial charge in [0.15, 0.2) is 11.5 Å². The van der Waals surface area contributed by atoms with Crippen molar-refractivity contribution in [2.24, 2.45) is 7.05 Å². The first-order valence-electron chi connectivity index (χ1n) is 10.4. The molecule has 0 N–H and O–H groups in total. The van der Waals surface area contributed by atoms with Gasteiger partial charge in [-0.1, -0.05) is 17.3 Å². The molecular weight excluding hydrogens is 426 g/mol. The summed E-state index contributed by atoms with van der Waals surface area (Å²) in [4.78, 5) is 45.8. The van der Waals surface area contributed by atoms with Crippen molar-refractivity contribution in [1.82, 2.24) is 19.6 Å². The van der Waals surface area contributed by atoms with Crippen molar-refractivity contribution >= 4 is 17.6 Å². The van der Waals surface area contributed by atoms with E-state index in [1.165, 1.54) is 21.9 Å². The van der Waals surface area contributed by atoms with E-state index in [4.69, 9.17) is 9.26 Å². The van der Waals surface area contributed by atoms with Crippen molar-refractivity contribution in [3.8, 4) is 5.75 Å². The van der Waals surface area contributed by atoms with Gasteiger partial charge in [0.25, 0.3) is 11.5 Å². The van der Waals surface area contributed by atoms with Crippen LogP contribution < -0.4 is 15.2 Å². The topological polar surface area (TPSA) is 111 Å². The molecule has 0 atom stereocenters. The van der Waals surface area contributed by atoms with Gasteiger partial charge in [-0.3, -0.25) is 19.0 Å². The molecule has 0 radical (unpaired) electrons. The monoisotopic (exact) mass is 453 g/mol. The average molecular weight is 453 g/mol. The second kappa shape index (κ2) is 10.1. The molecule has 0 bridgehead atoms. The van der Waals surface area contributed by atoms with Crippen molar-refractivity contribution in [1.29, 1.82) is 0 Å². The van der Waals surface area contributed by atoms with E-state index in [1.807, 2.05) is 12.1 Å². The van der Waals surface area contributed by atoms with Crippen LogP contribution in [0.15, 0.2) is 46.0 Å². The highest BCUT2D eigenvalue weighted by molar-refractivity contribution is 5.98. The van der Waals surface area contributed by atoms with E-state index in [1.54, 1.807) is 52.1 Å². The molecule has 10 nitrogen and oxygen atoms in total. The summed E-state index contributed by atoms with van der Waals surface area (Å²) in [6.45, 7) is 2.36. The molecule has 2 heterocycles. The minimum absolute atomic E-state index is 0.0196. The standard InChI is InChI=1S/C23H27N5O5/c1-6-32-20-19(18(29)11-16-12-24-33-14-16)25-23(28(5)22(20)31)27(4)13-15-7-9-17(10-8-15)21(30)26(2)3/h7-10,12,14H,6,11,13H2,1-5H3. The maximum Gasteiger partial charge on any atom is 0.297 e. The summed E-state index contributed by atoms with van der Waals surface area (Å²) in [6, 6.07) is 7.20. The molecule has 33 heavy (non-hydrogen) atoms. The molecule has 0 saturated carbocycles. The molecule has 1 aromatic carbocycles. The van der Waals surface area contributed by atoms with Crippen molar-refractivity contribution in [2.45, 2.75) is 19.9 Å². The van der Waals surface area contributed by atoms with Crippen LogP contribution in [0.25, 0.3) is 0 Å². The molecule has 10 heteroatoms. The van der Waals surface area contributed by atoms with Gasteiger partial charge < -0.3 is 19.1 Å². The molecule has 0 aliphatic heterocycles. The number of Topliss-reactive ketones (excluding diaryl/α,β-unsaturated/α-hetero) is 1. The fraction of sp³-hybridized carbons (Fsp3) is 0.348. The molecule has 0 saturated heterocycles. The number of rotatable bonds is 9. The van der Waals surface area contributed by atoms with Crippen LogP contribution >= 0.6 is 0 Å². The van der Waals surface area contributed by atoms with Crippen LogP contribution in [0.3, 0.4) is 0 Å². The zero-order valence-electron chi connectivity index (χ0n) is 19.4. The quantitative estimate of drug-likeness (QED) is 0.452. The zero-order chi connectivity index (χ0) is 24.1. The number of aromatic nitrogens is 3. The molecule has 0 spiro atoms. The summed E-state index contributed by atoms with van der Waals surface area (Å²) in [7, 11) is 6.75. The Kier molecular flexibility index (Phi) is 7.27. The van der Waals surface area contributed by atoms with E-state index in [9.17, 15) is 14.4 Å². The molecule has 0 aliphatic rings. The number of hydrogen-bond donors (Lipinski definition) is 0. The third-order valence-electron chi connectivity index (χ3n) is 4.99. The Hall–Kier alpha value is -3.95. The average Bonchev–Trinajstić information content (AvgIpc) is 3.30. The maximum absolute atomic E-state index is 13.0. The van der Waals surface area contributed by atoms with Crippen molar-refractivity contribution in [2.75, 3.05) is 32.6 Å². The number of carbonyl (C=O) groups excluding carboxylic acids is 2. The van der Waals surface area contributed by atoms with Gasteiger partial charge >= 0.3 is 0 Å². The van der Waals surface area contributed by atoms with Crippen LogP contribution in [0, 0.1) is 0 Å². The summed E-state index contributed by atoms with van der Waals surface area (Å²) in [5.74, 6) is -0.224. The second-order valence-corrected chi connectivity index (χ2v) is 7.77. The van der Waals surface area contributed by atoms with Crippen LogP contribution in [0.1, 0.15) is 38.9 Å². The lowest BCUT2D eigenvalue weighted by atomic mass is 10.1. The molecular formula is C23H27N5O5. The number of ketones is 1. The Morgan fingerprint density at radius 2 is 1.82 bits per heavy atom. The molecule has 1 amide bonds. The second-order valence-electron chi connectivity index (χ2n) is 7.77. The smallest absolute Gasteiger partial charge is 0.297 e. The molecule has 3 aromatic rings. The highest BCUT2D eigenvalue weighted by Crippen LogP contribution is 2.20. The van der Waals surface area contributed by atoms with Crippen LogP contribution in [-0.4, -0.2) is 59.0 Å². The summed E-state index contributed by atoms with van der Waals surface area (Å²) in [5, 5.41) is 3.60. The van der Waals surface area contributed by atoms with Gasteiger partial charge in [-0.25, -0.2) is 4.98 Å². The normalized spacial score (nSPS) is 10.7. The van der Waals surface area contributed by atoms with Crippen LogP contribution in [0.5, 0.6) is 5.75 Å². The van der Waals surface area contributed by atoms with Crippen LogP contribution in [0.2, 0.25) is 0 Å². The summed E-state index contributed by atoms with van der Waals surface area (Å²) in [6.07, 6.45) is 2.79. The lowest BCUT2D eigenvalue weighted by Gasteiger charge is -2.22. The largest absolute Gasteiger partial charge is 0.486 e. The number of ether oxygens (including phenoxy) is 1. The van der Waals surface area contributed by atoms with Crippen LogP contribution in [-0.2, 0) is 20.0 Å². The molecule has 0 fully saturated rings. The van der Waals surface area contributed by atoms with E-state index in [0.717, 1.165) is 5.56 Å². The van der Waals surface area contributed by atoms with E-state index in [0.29, 0.717) is 23.6 Å². The highest BCUT2D eigenvalue weighted by Gasteiger charge is 2.24. The summed E-state index contributed by atoms with van der Waals surface area (Å²) in [5.41, 5.74) is 1.59. The SMILES string of the molecule is CCOc1c(C(=O)Cc2cnoc2)nc(N(C)Cc2ccc(C(=O)N(C)C)cc2)n(C)c1=O. The number of hydrogen-bond acceptors (Lipinski definition) is 8. The predicted octanol–water partition coefficient (Wildman–Crippen LogP) is 1.93. The first-order valence-corrected chi connectivity index (χ1v) is 10.4. The molecule has 0 aliphatic carbocycles. The van der Waals surface area contributed by atoms with Gasteiger partial charge in [0, 0.05) is 52.3 Å². The van der Waals surface area contributed by atoms with Crippen molar-refractivity contribution in [3.05, 3.63) is 69.5 Å². The fourth-order valence-electron chi connectivity index (χ4n) is 3.31. The van der Waals surface area contributed by atoms with Crippen molar-refractivity contribution < 1.29 is 18.8 Å². The van der Waals surface area contributed by atoms with E-state index in [-0.39, 0.29) is 36.2 Å². The minimum Gasteiger partial charge on any atom is -0.486 e. The summed E-state index contributed by atoms with van der Waals surface area (Å²) >= 11 is 0. The fourth-order valence-corrected chi connectivity index (χ4v) is 3.31. The van der Waals surface area contributed by atoms with Gasteiger partial charge in [-0.15, -0.1) is 0 Å². The van der Waals surface area contributed by atoms with E-state index < -0.39 is 5.56 Å². The van der Waals surface area contributed by atoms with Gasteiger partial charge in [-0.2, -0.15) is 0 Å². The zero-order valence-corrected chi connectivity index (χ0v) is 19.4. The Bertz CT molecular complexity index is 1180. The lowest BCUT2D eigenvalue weighted by molar-refractivity contribution is 0.0827. The Morgan fingerprint density at radius 1 is 1.12 bits per heavy atom. The predicted molar refractivity (Wildman–Crippen MR) is 122 cm³/mol. The first-order chi connectivity index (χ1) is 15.7. The van der Waals surface area contributed by atoms with E-state index in [2.05, 4.69) is 10.1 Å². The number of benzene rings is 1. The molecule has 2 aromatic heterocycles. The third kappa shape index (κ3) is 5.28. The molecule has 0 unspecified atom stereocenters. The van der Waals surface area contributed by atoms with Gasteiger partial charge in [-0.05, 0) is 24.6 Å². The molecule has 174 valence electrons. The maximum atomic E-state index is 13.0. The number of carbonyl (C=O) groups is 2. The summed E-state index contributed by atoms with van der Waals surface area (Å²) < 4.78 is 11.6. The van der Waals surface area contributed by atoms with Crippen LogP contribution in [0.4, 0.5) is 5.95 Å².